The quantitative estimate of drug-likeness (QED) is 0.444. The van der Waals surface area contributed by atoms with Crippen LogP contribution in [0.4, 0.5) is 0 Å². The first kappa shape index (κ1) is 16.7. The Morgan fingerprint density at radius 1 is 1.18 bits per heavy atom. The molecule has 98 valence electrons. The third kappa shape index (κ3) is 12.0. The highest BCUT2D eigenvalue weighted by Gasteiger charge is 2.13. The zero-order valence-electron chi connectivity index (χ0n) is 11.1. The molecule has 17 heavy (non-hydrogen) atoms. The molecule has 0 aliphatic heterocycles. The minimum absolute atomic E-state index is 0.0714. The number of hydrogen-bond acceptors (Lipinski definition) is 4. The number of unbranched alkanes of at least 4 members (excludes halogenated alkanes) is 2. The molecular formula is C12H23BO3S. The van der Waals surface area contributed by atoms with E-state index >= 15 is 0 Å². The Morgan fingerprint density at radius 3 is 2.12 bits per heavy atom. The second-order valence-corrected chi connectivity index (χ2v) is 4.84. The zero-order valence-corrected chi connectivity index (χ0v) is 11.9. The molecular weight excluding hydrogens is 235 g/mol. The average molecular weight is 258 g/mol. The van der Waals surface area contributed by atoms with Crippen LogP contribution in [0, 0.1) is 0 Å². The van der Waals surface area contributed by atoms with Gasteiger partial charge in [0, 0.05) is 20.1 Å². The van der Waals surface area contributed by atoms with Crippen molar-refractivity contribution in [2.24, 2.45) is 0 Å². The molecule has 0 rings (SSSR count). The first-order chi connectivity index (χ1) is 8.20. The van der Waals surface area contributed by atoms with Crippen LogP contribution in [-0.2, 0) is 14.1 Å². The minimum Gasteiger partial charge on any atom is -0.408 e. The van der Waals surface area contributed by atoms with E-state index in [9.17, 15) is 4.79 Å². The molecule has 0 aliphatic rings. The highest BCUT2D eigenvalue weighted by atomic mass is 32.2. The van der Waals surface area contributed by atoms with Crippen LogP contribution in [0.1, 0.15) is 46.5 Å². The topological polar surface area (TPSA) is 35.5 Å². The molecule has 3 nitrogen and oxygen atoms in total. The van der Waals surface area contributed by atoms with Gasteiger partial charge in [0.1, 0.15) is 0 Å². The van der Waals surface area contributed by atoms with Crippen LogP contribution in [0.5, 0.6) is 0 Å². The molecule has 0 amide bonds. The second-order valence-electron chi connectivity index (χ2n) is 3.76. The lowest BCUT2D eigenvalue weighted by Crippen LogP contribution is -2.22. The third-order valence-electron chi connectivity index (χ3n) is 2.03. The van der Waals surface area contributed by atoms with Crippen molar-refractivity contribution < 1.29 is 14.1 Å². The summed E-state index contributed by atoms with van der Waals surface area (Å²) in [5, 5.41) is 1.81. The van der Waals surface area contributed by atoms with Crippen LogP contribution in [0.25, 0.3) is 0 Å². The molecule has 0 bridgehead atoms. The molecule has 0 aromatic rings. The summed E-state index contributed by atoms with van der Waals surface area (Å²) in [6.45, 7) is 7.18. The van der Waals surface area contributed by atoms with Crippen molar-refractivity contribution in [1.82, 2.24) is 0 Å². The van der Waals surface area contributed by atoms with Gasteiger partial charge in [0.05, 0.1) is 0 Å². The molecule has 0 spiro atoms. The van der Waals surface area contributed by atoms with E-state index in [1.807, 2.05) is 0 Å². The molecule has 0 unspecified atom stereocenters. The summed E-state index contributed by atoms with van der Waals surface area (Å²) in [4.78, 5) is 10.8. The summed E-state index contributed by atoms with van der Waals surface area (Å²) in [7, 11) is -0.319. The van der Waals surface area contributed by atoms with Gasteiger partial charge in [-0.05, 0) is 24.2 Å². The van der Waals surface area contributed by atoms with Gasteiger partial charge in [-0.15, -0.1) is 0 Å². The Labute approximate surface area is 109 Å². The van der Waals surface area contributed by atoms with Crippen LogP contribution < -0.4 is 0 Å². The van der Waals surface area contributed by atoms with E-state index in [4.69, 9.17) is 9.31 Å². The van der Waals surface area contributed by atoms with Gasteiger partial charge >= 0.3 is 7.12 Å². The van der Waals surface area contributed by atoms with E-state index in [2.05, 4.69) is 13.8 Å². The van der Waals surface area contributed by atoms with Crippen LogP contribution in [0.3, 0.4) is 0 Å². The minimum atomic E-state index is -0.319. The molecule has 0 atom stereocenters. The summed E-state index contributed by atoms with van der Waals surface area (Å²) in [5.41, 5.74) is 0. The highest BCUT2D eigenvalue weighted by Crippen LogP contribution is 2.05. The van der Waals surface area contributed by atoms with Gasteiger partial charge < -0.3 is 9.31 Å². The van der Waals surface area contributed by atoms with Crippen LogP contribution in [0.15, 0.2) is 11.4 Å². The first-order valence-electron chi connectivity index (χ1n) is 6.27. The third-order valence-corrected chi connectivity index (χ3v) is 2.65. The Hall–Kier alpha value is -0.255. The number of hydrogen-bond donors (Lipinski definition) is 0. The predicted octanol–water partition coefficient (Wildman–Crippen LogP) is 3.44. The van der Waals surface area contributed by atoms with Gasteiger partial charge in [-0.3, -0.25) is 4.79 Å². The number of carbonyl (C=O) groups excluding carboxylic acids is 1. The van der Waals surface area contributed by atoms with Gasteiger partial charge in [0.15, 0.2) is 5.12 Å². The fourth-order valence-electron chi connectivity index (χ4n) is 1.05. The van der Waals surface area contributed by atoms with Crippen molar-refractivity contribution in [3.8, 4) is 0 Å². The molecule has 0 aromatic heterocycles. The molecule has 0 N–H and O–H groups in total. The SMILES string of the molecule is CCCCOB(/C=C/SC(C)=O)OCCCC. The van der Waals surface area contributed by atoms with E-state index in [1.165, 1.54) is 0 Å². The zero-order chi connectivity index (χ0) is 12.9. The Kier molecular flexibility index (Phi) is 12.0. The number of thioether (sulfide) groups is 1. The molecule has 0 heterocycles. The van der Waals surface area contributed by atoms with Crippen molar-refractivity contribution >= 4 is 24.0 Å². The van der Waals surface area contributed by atoms with E-state index in [0.29, 0.717) is 13.2 Å². The van der Waals surface area contributed by atoms with Crippen molar-refractivity contribution in [1.29, 1.82) is 0 Å². The maximum Gasteiger partial charge on any atom is 0.486 e. The summed E-state index contributed by atoms with van der Waals surface area (Å²) in [6, 6.07) is 0. The van der Waals surface area contributed by atoms with Crippen LogP contribution >= 0.6 is 11.8 Å². The van der Waals surface area contributed by atoms with E-state index in [0.717, 1.165) is 37.4 Å². The lowest BCUT2D eigenvalue weighted by Gasteiger charge is -2.10. The lowest BCUT2D eigenvalue weighted by molar-refractivity contribution is -0.109. The fraction of sp³-hybridized carbons (Fsp3) is 0.750. The first-order valence-corrected chi connectivity index (χ1v) is 7.15. The van der Waals surface area contributed by atoms with Gasteiger partial charge in [0.25, 0.3) is 0 Å². The summed E-state index contributed by atoms with van der Waals surface area (Å²) < 4.78 is 11.2. The summed E-state index contributed by atoms with van der Waals surface area (Å²) in [5.74, 6) is 1.80. The normalized spacial score (nSPS) is 11.0. The second kappa shape index (κ2) is 12.2. The van der Waals surface area contributed by atoms with Crippen LogP contribution in [0.2, 0.25) is 0 Å². The predicted molar refractivity (Wildman–Crippen MR) is 74.9 cm³/mol. The molecule has 5 heteroatoms. The van der Waals surface area contributed by atoms with Gasteiger partial charge in [0.2, 0.25) is 0 Å². The Morgan fingerprint density at radius 2 is 1.71 bits per heavy atom. The Balaban J connectivity index is 3.90. The Bertz CT molecular complexity index is 212. The number of rotatable bonds is 10. The summed E-state index contributed by atoms with van der Waals surface area (Å²) in [6.07, 6.45) is 4.27. The highest BCUT2D eigenvalue weighted by molar-refractivity contribution is 8.16. The molecule has 0 radical (unpaired) electrons. The molecule has 0 aromatic carbocycles. The summed E-state index contributed by atoms with van der Waals surface area (Å²) >= 11 is 1.16. The van der Waals surface area contributed by atoms with Gasteiger partial charge in [-0.1, -0.05) is 38.5 Å². The largest absolute Gasteiger partial charge is 0.486 e. The smallest absolute Gasteiger partial charge is 0.408 e. The molecule has 0 fully saturated rings. The molecule has 0 aliphatic carbocycles. The van der Waals surface area contributed by atoms with E-state index in [-0.39, 0.29) is 12.2 Å². The van der Waals surface area contributed by atoms with Gasteiger partial charge in [-0.25, -0.2) is 0 Å². The van der Waals surface area contributed by atoms with E-state index in [1.54, 1.807) is 18.3 Å². The standard InChI is InChI=1S/C12H23BO3S/c1-4-6-9-15-13(16-10-7-5-2)8-11-17-12(3)14/h8,11H,4-7,9-10H2,1-3H3/b11-8+. The van der Waals surface area contributed by atoms with Crippen molar-refractivity contribution in [2.75, 3.05) is 13.2 Å². The molecule has 0 saturated heterocycles. The maximum absolute atomic E-state index is 10.8. The molecule has 0 saturated carbocycles. The number of carbonyl (C=O) groups is 1. The van der Waals surface area contributed by atoms with Crippen molar-refractivity contribution in [3.05, 3.63) is 11.4 Å². The van der Waals surface area contributed by atoms with Crippen LogP contribution in [-0.4, -0.2) is 25.4 Å². The fourth-order valence-corrected chi connectivity index (χ4v) is 1.44. The van der Waals surface area contributed by atoms with Gasteiger partial charge in [-0.2, -0.15) is 0 Å². The van der Waals surface area contributed by atoms with Crippen molar-refractivity contribution in [3.63, 3.8) is 0 Å². The lowest BCUT2D eigenvalue weighted by atomic mass is 9.91. The average Bonchev–Trinajstić information content (AvgIpc) is 2.28. The van der Waals surface area contributed by atoms with E-state index < -0.39 is 0 Å². The van der Waals surface area contributed by atoms with Crippen molar-refractivity contribution in [2.45, 2.75) is 46.5 Å². The monoisotopic (exact) mass is 258 g/mol. The maximum atomic E-state index is 10.8.